The highest BCUT2D eigenvalue weighted by molar-refractivity contribution is 7.14. The maximum absolute atomic E-state index is 11.3. The molecule has 1 aromatic carbocycles. The van der Waals surface area contributed by atoms with Crippen molar-refractivity contribution >= 4 is 28.8 Å². The second kappa shape index (κ2) is 6.06. The zero-order valence-corrected chi connectivity index (χ0v) is 11.8. The average Bonchev–Trinajstić information content (AvgIpc) is 2.85. The number of halogens is 1. The van der Waals surface area contributed by atoms with E-state index in [0.29, 0.717) is 16.5 Å². The monoisotopic (exact) mass is 296 g/mol. The minimum absolute atomic E-state index is 0.293. The van der Waals surface area contributed by atoms with Crippen LogP contribution in [0.15, 0.2) is 30.3 Å². The van der Waals surface area contributed by atoms with Gasteiger partial charge in [0.2, 0.25) is 0 Å². The Morgan fingerprint density at radius 1 is 1.42 bits per heavy atom. The highest BCUT2D eigenvalue weighted by Crippen LogP contribution is 2.24. The van der Waals surface area contributed by atoms with E-state index in [1.165, 1.54) is 11.3 Å². The Labute approximate surface area is 120 Å². The smallest absolute Gasteiger partial charge is 0.275 e. The molecule has 0 unspecified atom stereocenters. The van der Waals surface area contributed by atoms with Gasteiger partial charge in [-0.05, 0) is 42.8 Å². The molecule has 100 valence electrons. The van der Waals surface area contributed by atoms with E-state index in [-0.39, 0.29) is 5.91 Å². The lowest BCUT2D eigenvalue weighted by Gasteiger charge is -2.07. The van der Waals surface area contributed by atoms with E-state index in [4.69, 9.17) is 22.2 Å². The third kappa shape index (κ3) is 3.47. The second-order valence-corrected chi connectivity index (χ2v) is 5.54. The van der Waals surface area contributed by atoms with E-state index >= 15 is 0 Å². The van der Waals surface area contributed by atoms with Gasteiger partial charge in [-0.1, -0.05) is 11.6 Å². The van der Waals surface area contributed by atoms with Crippen LogP contribution >= 0.6 is 22.9 Å². The van der Waals surface area contributed by atoms with Crippen LogP contribution < -0.4 is 16.0 Å². The topological polar surface area (TPSA) is 64.3 Å². The molecule has 0 radical (unpaired) electrons. The van der Waals surface area contributed by atoms with Crippen LogP contribution in [0, 0.1) is 6.92 Å². The minimum atomic E-state index is -0.293. The van der Waals surface area contributed by atoms with Crippen LogP contribution in [0.4, 0.5) is 0 Å². The summed E-state index contributed by atoms with van der Waals surface area (Å²) in [7, 11) is 0. The normalized spacial score (nSPS) is 10.3. The summed E-state index contributed by atoms with van der Waals surface area (Å²) < 4.78 is 5.69. The van der Waals surface area contributed by atoms with Gasteiger partial charge in [0, 0.05) is 9.90 Å². The van der Waals surface area contributed by atoms with E-state index in [0.717, 1.165) is 16.2 Å². The zero-order chi connectivity index (χ0) is 13.8. The van der Waals surface area contributed by atoms with Gasteiger partial charge in [-0.2, -0.15) is 0 Å². The number of carbonyl (C=O) groups is 1. The maximum Gasteiger partial charge on any atom is 0.275 e. The number of nitrogens with one attached hydrogen (secondary N) is 1. The lowest BCUT2D eigenvalue weighted by molar-refractivity contribution is 0.0957. The van der Waals surface area contributed by atoms with Gasteiger partial charge in [-0.3, -0.25) is 10.2 Å². The lowest BCUT2D eigenvalue weighted by Crippen LogP contribution is -2.29. The summed E-state index contributed by atoms with van der Waals surface area (Å²) in [6, 6.07) is 9.03. The Balaban J connectivity index is 2.02. The molecule has 0 spiro atoms. The van der Waals surface area contributed by atoms with Crippen LogP contribution in [-0.2, 0) is 6.61 Å². The van der Waals surface area contributed by atoms with Crippen LogP contribution in [0.5, 0.6) is 5.75 Å². The van der Waals surface area contributed by atoms with Crippen molar-refractivity contribution in [3.63, 3.8) is 0 Å². The molecule has 4 nitrogen and oxygen atoms in total. The number of benzene rings is 1. The van der Waals surface area contributed by atoms with Gasteiger partial charge in [0.05, 0.1) is 4.88 Å². The number of carbonyl (C=O) groups excluding carboxylic acids is 1. The number of hydrogen-bond acceptors (Lipinski definition) is 4. The van der Waals surface area contributed by atoms with Gasteiger partial charge in [-0.15, -0.1) is 11.3 Å². The molecule has 1 amide bonds. The number of thiophene rings is 1. The number of rotatable bonds is 4. The van der Waals surface area contributed by atoms with E-state index in [9.17, 15) is 4.79 Å². The Hall–Kier alpha value is -1.56. The molecule has 0 atom stereocenters. The molecule has 0 aliphatic rings. The molecule has 0 saturated carbocycles. The van der Waals surface area contributed by atoms with Crippen molar-refractivity contribution in [2.75, 3.05) is 0 Å². The highest BCUT2D eigenvalue weighted by Gasteiger charge is 2.08. The number of amides is 1. The van der Waals surface area contributed by atoms with Gasteiger partial charge in [-0.25, -0.2) is 5.84 Å². The van der Waals surface area contributed by atoms with Gasteiger partial charge >= 0.3 is 0 Å². The first-order chi connectivity index (χ1) is 9.10. The first kappa shape index (κ1) is 13.9. The first-order valence-corrected chi connectivity index (χ1v) is 6.78. The predicted octanol–water partition coefficient (Wildman–Crippen LogP) is 2.89. The van der Waals surface area contributed by atoms with Crippen molar-refractivity contribution in [1.82, 2.24) is 5.43 Å². The molecular formula is C13H13ClN2O2S. The van der Waals surface area contributed by atoms with Gasteiger partial charge in [0.1, 0.15) is 12.4 Å². The standard InChI is InChI=1S/C13H13ClN2O2S/c1-8-6-9(14)2-4-11(8)18-7-10-3-5-12(19-10)13(17)16-15/h2-6H,7,15H2,1H3,(H,16,17). The Kier molecular flexibility index (Phi) is 4.42. The molecule has 0 bridgehead atoms. The summed E-state index contributed by atoms with van der Waals surface area (Å²) in [6.07, 6.45) is 0. The van der Waals surface area contributed by atoms with E-state index in [1.807, 2.05) is 25.1 Å². The van der Waals surface area contributed by atoms with Crippen LogP contribution in [0.25, 0.3) is 0 Å². The fraction of sp³-hybridized carbons (Fsp3) is 0.154. The quantitative estimate of drug-likeness (QED) is 0.518. The predicted molar refractivity (Wildman–Crippen MR) is 76.5 cm³/mol. The number of aryl methyl sites for hydroxylation is 1. The Morgan fingerprint density at radius 3 is 2.89 bits per heavy atom. The first-order valence-electron chi connectivity index (χ1n) is 5.59. The second-order valence-electron chi connectivity index (χ2n) is 3.94. The molecule has 0 aliphatic heterocycles. The molecule has 19 heavy (non-hydrogen) atoms. The molecule has 0 saturated heterocycles. The van der Waals surface area contributed by atoms with Crippen molar-refractivity contribution in [1.29, 1.82) is 0 Å². The van der Waals surface area contributed by atoms with E-state index in [2.05, 4.69) is 5.43 Å². The van der Waals surface area contributed by atoms with Crippen molar-refractivity contribution in [3.05, 3.63) is 50.7 Å². The summed E-state index contributed by atoms with van der Waals surface area (Å²) in [5.74, 6) is 5.56. The number of hydrogen-bond donors (Lipinski definition) is 2. The number of hydrazine groups is 1. The summed E-state index contributed by atoms with van der Waals surface area (Å²) in [5, 5.41) is 0.683. The third-order valence-electron chi connectivity index (χ3n) is 2.52. The summed E-state index contributed by atoms with van der Waals surface area (Å²) in [6.45, 7) is 2.34. The van der Waals surface area contributed by atoms with Crippen molar-refractivity contribution in [2.24, 2.45) is 5.84 Å². The Morgan fingerprint density at radius 2 is 2.21 bits per heavy atom. The van der Waals surface area contributed by atoms with E-state index in [1.54, 1.807) is 12.1 Å². The molecule has 1 heterocycles. The van der Waals surface area contributed by atoms with E-state index < -0.39 is 0 Å². The molecular weight excluding hydrogens is 284 g/mol. The van der Waals surface area contributed by atoms with Crippen molar-refractivity contribution < 1.29 is 9.53 Å². The number of nitrogen functional groups attached to an aromatic ring is 1. The molecule has 6 heteroatoms. The maximum atomic E-state index is 11.3. The van der Waals surface area contributed by atoms with Gasteiger partial charge in [0.15, 0.2) is 0 Å². The summed E-state index contributed by atoms with van der Waals surface area (Å²) in [5.41, 5.74) is 3.08. The molecule has 3 N–H and O–H groups in total. The summed E-state index contributed by atoms with van der Waals surface area (Å²) >= 11 is 7.23. The molecule has 1 aromatic heterocycles. The summed E-state index contributed by atoms with van der Waals surface area (Å²) in [4.78, 5) is 12.8. The molecule has 0 fully saturated rings. The SMILES string of the molecule is Cc1cc(Cl)ccc1OCc1ccc(C(=O)NN)s1. The fourth-order valence-corrected chi connectivity index (χ4v) is 2.62. The van der Waals surface area contributed by atoms with Crippen LogP contribution in [-0.4, -0.2) is 5.91 Å². The zero-order valence-electron chi connectivity index (χ0n) is 10.3. The van der Waals surface area contributed by atoms with Crippen molar-refractivity contribution in [3.8, 4) is 5.75 Å². The van der Waals surface area contributed by atoms with Gasteiger partial charge < -0.3 is 4.74 Å². The molecule has 2 aromatic rings. The molecule has 0 aliphatic carbocycles. The van der Waals surface area contributed by atoms with Crippen LogP contribution in [0.3, 0.4) is 0 Å². The minimum Gasteiger partial charge on any atom is -0.488 e. The van der Waals surface area contributed by atoms with Crippen LogP contribution in [0.2, 0.25) is 5.02 Å². The van der Waals surface area contributed by atoms with Crippen LogP contribution in [0.1, 0.15) is 20.1 Å². The Bertz CT molecular complexity index is 598. The number of nitrogens with two attached hydrogens (primary N) is 1. The van der Waals surface area contributed by atoms with Gasteiger partial charge in [0.25, 0.3) is 5.91 Å². The number of ether oxygens (including phenoxy) is 1. The third-order valence-corrected chi connectivity index (χ3v) is 3.82. The highest BCUT2D eigenvalue weighted by atomic mass is 35.5. The largest absolute Gasteiger partial charge is 0.488 e. The molecule has 2 rings (SSSR count). The average molecular weight is 297 g/mol. The fourth-order valence-electron chi connectivity index (χ4n) is 1.57. The lowest BCUT2D eigenvalue weighted by atomic mass is 10.2. The van der Waals surface area contributed by atoms with Crippen molar-refractivity contribution in [2.45, 2.75) is 13.5 Å².